The Morgan fingerprint density at radius 3 is 2.74 bits per heavy atom. The number of halogens is 1. The summed E-state index contributed by atoms with van der Waals surface area (Å²) in [6.45, 7) is 4.07. The van der Waals surface area contributed by atoms with Gasteiger partial charge < -0.3 is 19.7 Å². The normalized spacial score (nSPS) is 13.5. The molecule has 0 atom stereocenters. The standard InChI is InChI=1S/C21H22ClN7O6/c1-2-28-19(21(31)26-7-9-34-10-8-26)17(12-23-28)24-20(30)16-5-6-27(25-16)13-35-18-4-3-14(29(32)33)11-15(18)22/h3-6,11-12H,2,7-10,13H2,1H3,(H,24,30). The van der Waals surface area contributed by atoms with E-state index in [1.54, 1.807) is 4.90 Å². The molecular weight excluding hydrogens is 482 g/mol. The first-order chi connectivity index (χ1) is 16.9. The fourth-order valence-corrected chi connectivity index (χ4v) is 3.68. The lowest BCUT2D eigenvalue weighted by Gasteiger charge is -2.27. The smallest absolute Gasteiger partial charge is 0.276 e. The Labute approximate surface area is 204 Å². The minimum atomic E-state index is -0.557. The van der Waals surface area contributed by atoms with E-state index in [0.717, 1.165) is 0 Å². The van der Waals surface area contributed by atoms with Gasteiger partial charge in [0.1, 0.15) is 11.4 Å². The van der Waals surface area contributed by atoms with Crippen LogP contribution >= 0.6 is 11.6 Å². The van der Waals surface area contributed by atoms with E-state index in [0.29, 0.717) is 38.5 Å². The summed E-state index contributed by atoms with van der Waals surface area (Å²) in [5.74, 6) is -0.525. The van der Waals surface area contributed by atoms with Gasteiger partial charge in [-0.05, 0) is 19.1 Å². The Morgan fingerprint density at radius 1 is 1.29 bits per heavy atom. The summed E-state index contributed by atoms with van der Waals surface area (Å²) in [5.41, 5.74) is 0.519. The number of nitrogens with one attached hydrogen (secondary N) is 1. The number of ether oxygens (including phenoxy) is 2. The topological polar surface area (TPSA) is 147 Å². The van der Waals surface area contributed by atoms with Crippen molar-refractivity contribution in [2.24, 2.45) is 0 Å². The van der Waals surface area contributed by atoms with Crippen LogP contribution in [0.2, 0.25) is 5.02 Å². The third-order valence-corrected chi connectivity index (χ3v) is 5.54. The number of rotatable bonds is 8. The predicted molar refractivity (Wildman–Crippen MR) is 124 cm³/mol. The third kappa shape index (κ3) is 5.41. The molecule has 4 rings (SSSR count). The van der Waals surface area contributed by atoms with Gasteiger partial charge in [-0.25, -0.2) is 4.68 Å². The lowest BCUT2D eigenvalue weighted by Crippen LogP contribution is -2.41. The van der Waals surface area contributed by atoms with Gasteiger partial charge in [0.15, 0.2) is 12.4 Å². The average molecular weight is 504 g/mol. The Kier molecular flexibility index (Phi) is 7.27. The van der Waals surface area contributed by atoms with Gasteiger partial charge in [0.2, 0.25) is 0 Å². The van der Waals surface area contributed by atoms with E-state index in [-0.39, 0.29) is 40.5 Å². The van der Waals surface area contributed by atoms with Gasteiger partial charge in [-0.3, -0.25) is 24.4 Å². The molecular formula is C21H22ClN7O6. The Balaban J connectivity index is 1.43. The molecule has 1 aliphatic rings. The van der Waals surface area contributed by atoms with Gasteiger partial charge in [0.05, 0.1) is 35.0 Å². The number of benzene rings is 1. The maximum Gasteiger partial charge on any atom is 0.276 e. The molecule has 2 aromatic heterocycles. The fourth-order valence-electron chi connectivity index (χ4n) is 3.46. The zero-order chi connectivity index (χ0) is 24.9. The van der Waals surface area contributed by atoms with E-state index in [1.807, 2.05) is 6.92 Å². The number of hydrogen-bond donors (Lipinski definition) is 1. The SMILES string of the molecule is CCn1ncc(NC(=O)c2ccn(COc3ccc([N+](=O)[O-])cc3Cl)n2)c1C(=O)N1CCOCC1. The van der Waals surface area contributed by atoms with Crippen molar-refractivity contribution >= 4 is 34.8 Å². The molecule has 0 aliphatic carbocycles. The summed E-state index contributed by atoms with van der Waals surface area (Å²) in [6.07, 6.45) is 2.97. The molecule has 1 fully saturated rings. The summed E-state index contributed by atoms with van der Waals surface area (Å²) < 4.78 is 13.8. The number of nitrogens with zero attached hydrogens (tertiary/aromatic N) is 6. The third-order valence-electron chi connectivity index (χ3n) is 5.24. The molecule has 14 heteroatoms. The quantitative estimate of drug-likeness (QED) is 0.364. The number of carbonyl (C=O) groups excluding carboxylic acids is 2. The molecule has 13 nitrogen and oxygen atoms in total. The maximum atomic E-state index is 13.1. The molecule has 1 aromatic carbocycles. The summed E-state index contributed by atoms with van der Waals surface area (Å²) in [6, 6.07) is 5.33. The minimum absolute atomic E-state index is 0.0784. The summed E-state index contributed by atoms with van der Waals surface area (Å²) in [7, 11) is 0. The van der Waals surface area contributed by atoms with Gasteiger partial charge in [0.25, 0.3) is 17.5 Å². The van der Waals surface area contributed by atoms with Crippen LogP contribution in [-0.2, 0) is 18.0 Å². The Bertz CT molecular complexity index is 1250. The van der Waals surface area contributed by atoms with Gasteiger partial charge in [0, 0.05) is 38.0 Å². The van der Waals surface area contributed by atoms with Crippen molar-refractivity contribution in [2.45, 2.75) is 20.2 Å². The number of hydrogen-bond acceptors (Lipinski definition) is 8. The molecule has 0 unspecified atom stereocenters. The van der Waals surface area contributed by atoms with Crippen LogP contribution < -0.4 is 10.1 Å². The first kappa shape index (κ1) is 24.2. The number of anilines is 1. The number of non-ortho nitro benzene ring substituents is 1. The van der Waals surface area contributed by atoms with E-state index in [9.17, 15) is 19.7 Å². The highest BCUT2D eigenvalue weighted by Crippen LogP contribution is 2.28. The van der Waals surface area contributed by atoms with Crippen molar-refractivity contribution in [1.29, 1.82) is 0 Å². The lowest BCUT2D eigenvalue weighted by molar-refractivity contribution is -0.384. The maximum absolute atomic E-state index is 13.1. The number of aryl methyl sites for hydroxylation is 1. The van der Waals surface area contributed by atoms with Crippen LogP contribution in [0.3, 0.4) is 0 Å². The molecule has 0 bridgehead atoms. The number of aromatic nitrogens is 4. The Morgan fingerprint density at radius 2 is 2.06 bits per heavy atom. The highest BCUT2D eigenvalue weighted by Gasteiger charge is 2.26. The first-order valence-corrected chi connectivity index (χ1v) is 11.1. The zero-order valence-corrected chi connectivity index (χ0v) is 19.5. The number of morpholine rings is 1. The van der Waals surface area contributed by atoms with Crippen molar-refractivity contribution in [3.8, 4) is 5.75 Å². The average Bonchev–Trinajstić information content (AvgIpc) is 3.50. The van der Waals surface area contributed by atoms with Crippen molar-refractivity contribution < 1.29 is 24.0 Å². The van der Waals surface area contributed by atoms with E-state index >= 15 is 0 Å². The number of amides is 2. The first-order valence-electron chi connectivity index (χ1n) is 10.7. The van der Waals surface area contributed by atoms with Crippen LogP contribution in [-0.4, -0.2) is 67.5 Å². The largest absolute Gasteiger partial charge is 0.470 e. The van der Waals surface area contributed by atoms with E-state index in [4.69, 9.17) is 21.1 Å². The van der Waals surface area contributed by atoms with Gasteiger partial charge >= 0.3 is 0 Å². The minimum Gasteiger partial charge on any atom is -0.470 e. The van der Waals surface area contributed by atoms with Crippen molar-refractivity contribution in [1.82, 2.24) is 24.5 Å². The fraction of sp³-hybridized carbons (Fsp3) is 0.333. The molecule has 3 aromatic rings. The van der Waals surface area contributed by atoms with E-state index < -0.39 is 10.8 Å². The molecule has 0 radical (unpaired) electrons. The molecule has 1 saturated heterocycles. The van der Waals surface area contributed by atoms with Gasteiger partial charge in [-0.15, -0.1) is 0 Å². The molecule has 0 spiro atoms. The second kappa shape index (κ2) is 10.5. The van der Waals surface area contributed by atoms with Crippen LogP contribution in [0.5, 0.6) is 5.75 Å². The Hall–Kier alpha value is -3.97. The van der Waals surface area contributed by atoms with Gasteiger partial charge in [-0.1, -0.05) is 11.6 Å². The number of nitro benzene ring substituents is 1. The lowest BCUT2D eigenvalue weighted by atomic mass is 10.2. The summed E-state index contributed by atoms with van der Waals surface area (Å²) in [4.78, 5) is 37.8. The van der Waals surface area contributed by atoms with Gasteiger partial charge in [-0.2, -0.15) is 10.2 Å². The molecule has 1 aliphatic heterocycles. The number of carbonyl (C=O) groups is 2. The highest BCUT2D eigenvalue weighted by atomic mass is 35.5. The van der Waals surface area contributed by atoms with Crippen LogP contribution in [0.1, 0.15) is 27.9 Å². The van der Waals surface area contributed by atoms with Crippen molar-refractivity contribution in [3.05, 3.63) is 63.2 Å². The molecule has 184 valence electrons. The molecule has 0 saturated carbocycles. The zero-order valence-electron chi connectivity index (χ0n) is 18.7. The van der Waals surface area contributed by atoms with Crippen LogP contribution in [0.25, 0.3) is 0 Å². The molecule has 3 heterocycles. The predicted octanol–water partition coefficient (Wildman–Crippen LogP) is 2.42. The second-order valence-corrected chi connectivity index (χ2v) is 7.87. The number of nitro groups is 1. The molecule has 1 N–H and O–H groups in total. The van der Waals surface area contributed by atoms with Crippen LogP contribution in [0, 0.1) is 10.1 Å². The monoisotopic (exact) mass is 503 g/mol. The van der Waals surface area contributed by atoms with Crippen LogP contribution in [0.4, 0.5) is 11.4 Å². The van der Waals surface area contributed by atoms with Crippen molar-refractivity contribution in [3.63, 3.8) is 0 Å². The summed E-state index contributed by atoms with van der Waals surface area (Å²) >= 11 is 6.03. The molecule has 35 heavy (non-hydrogen) atoms. The van der Waals surface area contributed by atoms with E-state index in [2.05, 4.69) is 15.5 Å². The summed E-state index contributed by atoms with van der Waals surface area (Å²) in [5, 5.41) is 22.0. The van der Waals surface area contributed by atoms with E-state index in [1.165, 1.54) is 46.0 Å². The molecule has 2 amide bonds. The second-order valence-electron chi connectivity index (χ2n) is 7.47. The van der Waals surface area contributed by atoms with Crippen LogP contribution in [0.15, 0.2) is 36.7 Å². The van der Waals surface area contributed by atoms with Crippen molar-refractivity contribution in [2.75, 3.05) is 31.6 Å². The highest BCUT2D eigenvalue weighted by molar-refractivity contribution is 6.32.